The third-order valence-corrected chi connectivity index (χ3v) is 2.80. The maximum Gasteiger partial charge on any atom is 0.149 e. The molecule has 0 radical (unpaired) electrons. The smallest absolute Gasteiger partial charge is 0.149 e. The summed E-state index contributed by atoms with van der Waals surface area (Å²) in [6.45, 7) is 0. The average molecular weight is 315 g/mol. The molecule has 0 aliphatic rings. The first-order valence-corrected chi connectivity index (χ1v) is 5.73. The number of nitrogens with zero attached hydrogens (tertiary/aromatic N) is 1. The van der Waals surface area contributed by atoms with Crippen LogP contribution < -0.4 is 16.6 Å². The molecule has 94 valence electrons. The fraction of sp³-hybridized carbons (Fsp3) is 0. The molecule has 1 aromatic carbocycles. The van der Waals surface area contributed by atoms with Crippen molar-refractivity contribution < 1.29 is 8.78 Å². The van der Waals surface area contributed by atoms with Gasteiger partial charge in [-0.1, -0.05) is 0 Å². The zero-order valence-corrected chi connectivity index (χ0v) is 10.6. The maximum absolute atomic E-state index is 13.5. The van der Waals surface area contributed by atoms with E-state index in [9.17, 15) is 8.78 Å². The van der Waals surface area contributed by atoms with Crippen LogP contribution in [0.3, 0.4) is 0 Å². The zero-order valence-electron chi connectivity index (χ0n) is 9.05. The molecule has 0 unspecified atom stereocenters. The summed E-state index contributed by atoms with van der Waals surface area (Å²) in [6.07, 6.45) is 1.51. The molecule has 4 N–H and O–H groups in total. The molecule has 0 amide bonds. The molecule has 4 nitrogen and oxygen atoms in total. The summed E-state index contributed by atoms with van der Waals surface area (Å²) in [5.41, 5.74) is 3.10. The number of nitrogens with two attached hydrogens (primary N) is 1. The molecule has 0 atom stereocenters. The van der Waals surface area contributed by atoms with Gasteiger partial charge in [0.2, 0.25) is 0 Å². The van der Waals surface area contributed by atoms with Gasteiger partial charge >= 0.3 is 0 Å². The van der Waals surface area contributed by atoms with Gasteiger partial charge in [0.05, 0.1) is 10.2 Å². The van der Waals surface area contributed by atoms with Crippen molar-refractivity contribution in [2.24, 2.45) is 5.84 Å². The van der Waals surface area contributed by atoms with Gasteiger partial charge < -0.3 is 10.7 Å². The first kappa shape index (κ1) is 12.7. The van der Waals surface area contributed by atoms with Crippen LogP contribution in [0.15, 0.2) is 34.9 Å². The Morgan fingerprint density at radius 3 is 2.67 bits per heavy atom. The molecule has 0 saturated carbocycles. The van der Waals surface area contributed by atoms with Crippen LogP contribution in [0, 0.1) is 11.6 Å². The van der Waals surface area contributed by atoms with E-state index in [2.05, 4.69) is 31.7 Å². The molecule has 0 aliphatic carbocycles. The number of nitrogens with one attached hydrogen (secondary N) is 2. The number of benzene rings is 1. The number of nitrogen functional groups attached to an aromatic ring is 1. The van der Waals surface area contributed by atoms with E-state index in [1.165, 1.54) is 12.3 Å². The van der Waals surface area contributed by atoms with Gasteiger partial charge in [-0.25, -0.2) is 19.6 Å². The van der Waals surface area contributed by atoms with Crippen molar-refractivity contribution in [1.82, 2.24) is 4.98 Å². The van der Waals surface area contributed by atoms with Crippen LogP contribution in [0.25, 0.3) is 0 Å². The largest absolute Gasteiger partial charge is 0.353 e. The Hall–Kier alpha value is -1.73. The third-order valence-electron chi connectivity index (χ3n) is 2.20. The summed E-state index contributed by atoms with van der Waals surface area (Å²) in [6, 6.07) is 5.35. The summed E-state index contributed by atoms with van der Waals surface area (Å²) >= 11 is 3.00. The van der Waals surface area contributed by atoms with E-state index in [0.717, 1.165) is 6.07 Å². The lowest BCUT2D eigenvalue weighted by Gasteiger charge is -2.09. The fourth-order valence-electron chi connectivity index (χ4n) is 1.36. The lowest BCUT2D eigenvalue weighted by molar-refractivity contribution is 0.581. The van der Waals surface area contributed by atoms with E-state index < -0.39 is 11.6 Å². The van der Waals surface area contributed by atoms with Crippen LogP contribution >= 0.6 is 15.9 Å². The first-order valence-electron chi connectivity index (χ1n) is 4.94. The minimum atomic E-state index is -0.685. The van der Waals surface area contributed by atoms with Crippen molar-refractivity contribution in [3.8, 4) is 0 Å². The van der Waals surface area contributed by atoms with Gasteiger partial charge in [0.1, 0.15) is 17.5 Å². The summed E-state index contributed by atoms with van der Waals surface area (Å²) in [5, 5.41) is 2.81. The van der Waals surface area contributed by atoms with Crippen molar-refractivity contribution in [1.29, 1.82) is 0 Å². The molecule has 0 spiro atoms. The number of aromatic nitrogens is 1. The lowest BCUT2D eigenvalue weighted by Crippen LogP contribution is -2.08. The highest BCUT2D eigenvalue weighted by Gasteiger charge is 2.08. The number of anilines is 3. The molecule has 0 fully saturated rings. The van der Waals surface area contributed by atoms with Crippen molar-refractivity contribution in [3.05, 3.63) is 46.6 Å². The second kappa shape index (κ2) is 5.28. The van der Waals surface area contributed by atoms with E-state index in [4.69, 9.17) is 5.84 Å². The predicted molar refractivity (Wildman–Crippen MR) is 69.4 cm³/mol. The standard InChI is InChI=1S/C11H9BrF2N4/c12-7-4-10(9(14)5-8(7)13)17-6-1-2-16-11(3-6)18-15/h1-5H,15H2,(H2,16,17,18). The highest BCUT2D eigenvalue weighted by atomic mass is 79.9. The van der Waals surface area contributed by atoms with Gasteiger partial charge in [0.25, 0.3) is 0 Å². The Morgan fingerprint density at radius 1 is 1.17 bits per heavy atom. The topological polar surface area (TPSA) is 63.0 Å². The zero-order chi connectivity index (χ0) is 13.1. The number of hydrogen-bond donors (Lipinski definition) is 3. The number of halogens is 3. The molecule has 0 aliphatic heterocycles. The lowest BCUT2D eigenvalue weighted by atomic mass is 10.2. The molecule has 1 aromatic heterocycles. The Morgan fingerprint density at radius 2 is 1.94 bits per heavy atom. The number of hydrogen-bond acceptors (Lipinski definition) is 4. The van der Waals surface area contributed by atoms with E-state index in [1.54, 1.807) is 12.1 Å². The fourth-order valence-corrected chi connectivity index (χ4v) is 1.70. The average Bonchev–Trinajstić information content (AvgIpc) is 2.36. The van der Waals surface area contributed by atoms with E-state index >= 15 is 0 Å². The summed E-state index contributed by atoms with van der Waals surface area (Å²) in [7, 11) is 0. The predicted octanol–water partition coefficient (Wildman–Crippen LogP) is 3.15. The van der Waals surface area contributed by atoms with Gasteiger partial charge in [-0.15, -0.1) is 0 Å². The number of pyridine rings is 1. The van der Waals surface area contributed by atoms with E-state index in [0.29, 0.717) is 11.5 Å². The Balaban J connectivity index is 2.30. The van der Waals surface area contributed by atoms with Crippen molar-refractivity contribution in [3.63, 3.8) is 0 Å². The molecule has 1 heterocycles. The van der Waals surface area contributed by atoms with Crippen molar-refractivity contribution >= 4 is 33.1 Å². The van der Waals surface area contributed by atoms with Crippen LogP contribution in [0.1, 0.15) is 0 Å². The van der Waals surface area contributed by atoms with E-state index in [-0.39, 0.29) is 10.2 Å². The second-order valence-electron chi connectivity index (χ2n) is 3.45. The highest BCUT2D eigenvalue weighted by Crippen LogP contribution is 2.26. The summed E-state index contributed by atoms with van der Waals surface area (Å²) < 4.78 is 26.8. The van der Waals surface area contributed by atoms with Crippen molar-refractivity contribution in [2.75, 3.05) is 10.7 Å². The molecular formula is C11H9BrF2N4. The third kappa shape index (κ3) is 2.74. The van der Waals surface area contributed by atoms with Crippen LogP contribution in [-0.4, -0.2) is 4.98 Å². The van der Waals surface area contributed by atoms with E-state index in [1.807, 2.05) is 0 Å². The Kier molecular flexibility index (Phi) is 3.73. The first-order chi connectivity index (χ1) is 8.60. The van der Waals surface area contributed by atoms with Gasteiger partial charge in [-0.05, 0) is 28.1 Å². The van der Waals surface area contributed by atoms with Crippen LogP contribution in [-0.2, 0) is 0 Å². The quantitative estimate of drug-likeness (QED) is 0.462. The molecule has 0 bridgehead atoms. The Labute approximate surface area is 110 Å². The SMILES string of the molecule is NNc1cc(Nc2cc(Br)c(F)cc2F)ccn1. The van der Waals surface area contributed by atoms with Gasteiger partial charge in [-0.2, -0.15) is 0 Å². The molecular weight excluding hydrogens is 306 g/mol. The van der Waals surface area contributed by atoms with Crippen LogP contribution in [0.2, 0.25) is 0 Å². The van der Waals surface area contributed by atoms with Gasteiger partial charge in [0, 0.05) is 24.0 Å². The minimum absolute atomic E-state index is 0.150. The molecule has 2 aromatic rings. The normalized spacial score (nSPS) is 10.2. The number of hydrazine groups is 1. The second-order valence-corrected chi connectivity index (χ2v) is 4.30. The van der Waals surface area contributed by atoms with Gasteiger partial charge in [-0.3, -0.25) is 0 Å². The molecule has 2 rings (SSSR count). The Bertz CT molecular complexity index is 577. The summed E-state index contributed by atoms with van der Waals surface area (Å²) in [5.74, 6) is 4.31. The molecule has 0 saturated heterocycles. The van der Waals surface area contributed by atoms with Crippen LogP contribution in [0.4, 0.5) is 26.0 Å². The maximum atomic E-state index is 13.5. The van der Waals surface area contributed by atoms with Crippen LogP contribution in [0.5, 0.6) is 0 Å². The number of rotatable bonds is 3. The van der Waals surface area contributed by atoms with Gasteiger partial charge in [0.15, 0.2) is 0 Å². The minimum Gasteiger partial charge on any atom is -0.353 e. The monoisotopic (exact) mass is 314 g/mol. The molecule has 7 heteroatoms. The highest BCUT2D eigenvalue weighted by molar-refractivity contribution is 9.10. The summed E-state index contributed by atoms with van der Waals surface area (Å²) in [4.78, 5) is 3.91. The molecule has 18 heavy (non-hydrogen) atoms. The van der Waals surface area contributed by atoms with Crippen molar-refractivity contribution in [2.45, 2.75) is 0 Å².